The van der Waals surface area contributed by atoms with E-state index in [4.69, 9.17) is 4.74 Å². The Kier molecular flexibility index (Phi) is 6.85. The van der Waals surface area contributed by atoms with Gasteiger partial charge in [0.2, 0.25) is 0 Å². The van der Waals surface area contributed by atoms with Gasteiger partial charge in [0.25, 0.3) is 11.7 Å². The molecule has 1 aliphatic rings. The number of aliphatic hydroxyl groups excluding tert-OH is 1. The molecule has 39 heavy (non-hydrogen) atoms. The number of phenols is 1. The zero-order valence-corrected chi connectivity index (χ0v) is 20.8. The number of ketones is 1. The predicted molar refractivity (Wildman–Crippen MR) is 141 cm³/mol. The standard InChI is InChI=1S/C31H23F2NO5/c1-18-15-21(9-14-26(18)39-17-19-5-3-2-4-6-19)29(36)27-28(20-7-11-23(35)12-8-20)34(31(38)30(27)37)22-10-13-24(32)25(33)16-22/h2-16,28,35-36H,17H2,1H3/b29-27+. The van der Waals surface area contributed by atoms with Crippen LogP contribution in [0.3, 0.4) is 0 Å². The van der Waals surface area contributed by atoms with E-state index in [9.17, 15) is 28.6 Å². The van der Waals surface area contributed by atoms with Gasteiger partial charge in [-0.3, -0.25) is 14.5 Å². The molecule has 1 amide bonds. The van der Waals surface area contributed by atoms with Gasteiger partial charge in [-0.15, -0.1) is 0 Å². The highest BCUT2D eigenvalue weighted by Crippen LogP contribution is 2.43. The van der Waals surface area contributed by atoms with Crippen molar-refractivity contribution < 1.29 is 33.3 Å². The van der Waals surface area contributed by atoms with Gasteiger partial charge in [0.1, 0.15) is 23.9 Å². The zero-order valence-electron chi connectivity index (χ0n) is 20.8. The lowest BCUT2D eigenvalue weighted by Gasteiger charge is -2.25. The summed E-state index contributed by atoms with van der Waals surface area (Å²) in [5, 5.41) is 21.1. The molecule has 0 saturated carbocycles. The fraction of sp³-hybridized carbons (Fsp3) is 0.0968. The Morgan fingerprint density at radius 2 is 1.62 bits per heavy atom. The Hall–Kier alpha value is -4.98. The monoisotopic (exact) mass is 527 g/mol. The summed E-state index contributed by atoms with van der Waals surface area (Å²) in [6.07, 6.45) is 0. The first-order valence-corrected chi connectivity index (χ1v) is 12.1. The summed E-state index contributed by atoms with van der Waals surface area (Å²) in [5.41, 5.74) is 2.02. The Morgan fingerprint density at radius 1 is 0.897 bits per heavy atom. The Balaban J connectivity index is 1.57. The van der Waals surface area contributed by atoms with Gasteiger partial charge in [-0.2, -0.15) is 0 Å². The second-order valence-electron chi connectivity index (χ2n) is 9.11. The maximum atomic E-state index is 14.1. The van der Waals surface area contributed by atoms with Crippen molar-refractivity contribution in [2.45, 2.75) is 19.6 Å². The molecule has 1 saturated heterocycles. The number of amides is 1. The maximum absolute atomic E-state index is 14.1. The summed E-state index contributed by atoms with van der Waals surface area (Å²) in [6, 6.07) is 21.9. The number of aromatic hydroxyl groups is 1. The van der Waals surface area contributed by atoms with E-state index in [0.29, 0.717) is 23.5 Å². The van der Waals surface area contributed by atoms with Crippen LogP contribution in [-0.2, 0) is 16.2 Å². The Morgan fingerprint density at radius 3 is 2.28 bits per heavy atom. The van der Waals surface area contributed by atoms with E-state index < -0.39 is 35.1 Å². The SMILES string of the molecule is Cc1cc(/C(O)=C2\C(=O)C(=O)N(c3ccc(F)c(F)c3)C2c2ccc(O)cc2)ccc1OCc1ccccc1. The van der Waals surface area contributed by atoms with Gasteiger partial charge in [-0.25, -0.2) is 8.78 Å². The first-order chi connectivity index (χ1) is 18.7. The minimum absolute atomic E-state index is 0.0507. The molecule has 1 atom stereocenters. The molecule has 8 heteroatoms. The van der Waals surface area contributed by atoms with Crippen LogP contribution in [0.4, 0.5) is 14.5 Å². The normalized spacial score (nSPS) is 16.5. The molecule has 6 nitrogen and oxygen atoms in total. The molecule has 0 aromatic heterocycles. The molecule has 1 fully saturated rings. The van der Waals surface area contributed by atoms with Crippen molar-refractivity contribution in [3.05, 3.63) is 130 Å². The summed E-state index contributed by atoms with van der Waals surface area (Å²) < 4.78 is 33.7. The van der Waals surface area contributed by atoms with Crippen molar-refractivity contribution in [2.24, 2.45) is 0 Å². The van der Waals surface area contributed by atoms with Crippen LogP contribution < -0.4 is 9.64 Å². The number of aliphatic hydroxyl groups is 1. The number of hydrogen-bond acceptors (Lipinski definition) is 5. The predicted octanol–water partition coefficient (Wildman–Crippen LogP) is 6.18. The lowest BCUT2D eigenvalue weighted by molar-refractivity contribution is -0.132. The fourth-order valence-corrected chi connectivity index (χ4v) is 4.56. The molecule has 0 aliphatic carbocycles. The molecular formula is C31H23F2NO5. The van der Waals surface area contributed by atoms with Crippen LogP contribution in [0.2, 0.25) is 0 Å². The first-order valence-electron chi connectivity index (χ1n) is 12.1. The molecule has 0 radical (unpaired) electrons. The lowest BCUT2D eigenvalue weighted by atomic mass is 9.94. The third-order valence-corrected chi connectivity index (χ3v) is 6.52. The minimum atomic E-state index is -1.19. The fourth-order valence-electron chi connectivity index (χ4n) is 4.56. The Bertz CT molecular complexity index is 1600. The summed E-state index contributed by atoms with van der Waals surface area (Å²) in [7, 11) is 0. The molecule has 5 rings (SSSR count). The van der Waals surface area contributed by atoms with E-state index in [2.05, 4.69) is 0 Å². The van der Waals surface area contributed by atoms with Crippen molar-refractivity contribution in [1.29, 1.82) is 0 Å². The number of ether oxygens (including phenoxy) is 1. The molecule has 1 heterocycles. The van der Waals surface area contributed by atoms with E-state index in [1.165, 1.54) is 30.3 Å². The molecular weight excluding hydrogens is 504 g/mol. The highest BCUT2D eigenvalue weighted by Gasteiger charge is 2.47. The molecule has 4 aromatic rings. The van der Waals surface area contributed by atoms with E-state index in [1.807, 2.05) is 30.3 Å². The van der Waals surface area contributed by atoms with E-state index in [-0.39, 0.29) is 22.6 Å². The van der Waals surface area contributed by atoms with Gasteiger partial charge < -0.3 is 14.9 Å². The number of carbonyl (C=O) groups is 2. The van der Waals surface area contributed by atoms with Crippen molar-refractivity contribution >= 4 is 23.1 Å². The molecule has 2 N–H and O–H groups in total. The number of benzene rings is 4. The lowest BCUT2D eigenvalue weighted by Crippen LogP contribution is -2.29. The highest BCUT2D eigenvalue weighted by molar-refractivity contribution is 6.51. The minimum Gasteiger partial charge on any atom is -0.508 e. The smallest absolute Gasteiger partial charge is 0.300 e. The van der Waals surface area contributed by atoms with Gasteiger partial charge in [0.15, 0.2) is 11.6 Å². The maximum Gasteiger partial charge on any atom is 0.300 e. The Labute approximate surface area is 223 Å². The van der Waals surface area contributed by atoms with Gasteiger partial charge in [0.05, 0.1) is 11.6 Å². The number of Topliss-reactive ketones (excluding diaryl/α,β-unsaturated/α-hetero) is 1. The number of carbonyl (C=O) groups excluding carboxylic acids is 2. The topological polar surface area (TPSA) is 87.1 Å². The average Bonchev–Trinajstić information content (AvgIpc) is 3.20. The number of halogens is 2. The van der Waals surface area contributed by atoms with Crippen LogP contribution in [0.25, 0.3) is 5.76 Å². The molecule has 0 spiro atoms. The van der Waals surface area contributed by atoms with Crippen molar-refractivity contribution in [3.8, 4) is 11.5 Å². The number of anilines is 1. The van der Waals surface area contributed by atoms with Gasteiger partial charge in [-0.1, -0.05) is 42.5 Å². The van der Waals surface area contributed by atoms with E-state index in [0.717, 1.165) is 22.6 Å². The van der Waals surface area contributed by atoms with Crippen LogP contribution in [0.15, 0.2) is 96.6 Å². The van der Waals surface area contributed by atoms with Crippen LogP contribution >= 0.6 is 0 Å². The molecule has 196 valence electrons. The van der Waals surface area contributed by atoms with Crippen molar-refractivity contribution in [1.82, 2.24) is 0 Å². The quantitative estimate of drug-likeness (QED) is 0.178. The van der Waals surface area contributed by atoms with E-state index in [1.54, 1.807) is 25.1 Å². The second-order valence-corrected chi connectivity index (χ2v) is 9.11. The highest BCUT2D eigenvalue weighted by atomic mass is 19.2. The first kappa shape index (κ1) is 25.7. The molecule has 4 aromatic carbocycles. The van der Waals surface area contributed by atoms with Gasteiger partial charge in [0, 0.05) is 17.3 Å². The summed E-state index contributed by atoms with van der Waals surface area (Å²) in [6.45, 7) is 2.13. The zero-order chi connectivity index (χ0) is 27.7. The third kappa shape index (κ3) is 4.96. The number of hydrogen-bond donors (Lipinski definition) is 2. The summed E-state index contributed by atoms with van der Waals surface area (Å²) >= 11 is 0. The molecule has 0 bridgehead atoms. The van der Waals surface area contributed by atoms with Gasteiger partial charge in [-0.05, 0) is 66.1 Å². The van der Waals surface area contributed by atoms with Gasteiger partial charge >= 0.3 is 0 Å². The number of aryl methyl sites for hydroxylation is 1. The molecule has 1 aliphatic heterocycles. The summed E-state index contributed by atoms with van der Waals surface area (Å²) in [4.78, 5) is 27.5. The molecule has 1 unspecified atom stereocenters. The number of phenolic OH excluding ortho intramolecular Hbond substituents is 1. The largest absolute Gasteiger partial charge is 0.508 e. The van der Waals surface area contributed by atoms with Crippen molar-refractivity contribution in [2.75, 3.05) is 4.90 Å². The number of nitrogens with zero attached hydrogens (tertiary/aromatic N) is 1. The van der Waals surface area contributed by atoms with Crippen LogP contribution in [0.5, 0.6) is 11.5 Å². The van der Waals surface area contributed by atoms with Crippen LogP contribution in [0.1, 0.15) is 28.3 Å². The average molecular weight is 528 g/mol. The van der Waals surface area contributed by atoms with Crippen LogP contribution in [0, 0.1) is 18.6 Å². The van der Waals surface area contributed by atoms with Crippen LogP contribution in [-0.4, -0.2) is 21.9 Å². The van der Waals surface area contributed by atoms with E-state index >= 15 is 0 Å². The second kappa shape index (κ2) is 10.4. The van der Waals surface area contributed by atoms with Crippen molar-refractivity contribution in [3.63, 3.8) is 0 Å². The number of rotatable bonds is 6. The summed E-state index contributed by atoms with van der Waals surface area (Å²) in [5.74, 6) is -4.22. The third-order valence-electron chi connectivity index (χ3n) is 6.52.